The largest absolute Gasteiger partial charge is 0.573 e. The molecule has 3 fully saturated rings. The Morgan fingerprint density at radius 3 is 2.42 bits per heavy atom. The first-order valence-electron chi connectivity index (χ1n) is 12.1. The van der Waals surface area contributed by atoms with Gasteiger partial charge in [0.15, 0.2) is 0 Å². The van der Waals surface area contributed by atoms with E-state index in [2.05, 4.69) is 24.7 Å². The number of benzene rings is 1. The monoisotopic (exact) mass is 462 g/mol. The van der Waals surface area contributed by atoms with E-state index in [9.17, 15) is 23.4 Å². The highest BCUT2D eigenvalue weighted by molar-refractivity contribution is 5.56. The van der Waals surface area contributed by atoms with Crippen LogP contribution in [0, 0.1) is 28.6 Å². The van der Waals surface area contributed by atoms with Crippen LogP contribution in [0.2, 0.25) is 0 Å². The molecule has 180 valence electrons. The van der Waals surface area contributed by atoms with Gasteiger partial charge in [-0.2, -0.15) is 0 Å². The van der Waals surface area contributed by atoms with Crippen molar-refractivity contribution in [2.45, 2.75) is 77.4 Å². The van der Waals surface area contributed by atoms with Crippen molar-refractivity contribution in [1.82, 2.24) is 0 Å². The Balaban J connectivity index is 1.39. The molecule has 1 aromatic carbocycles. The Morgan fingerprint density at radius 1 is 1.00 bits per heavy atom. The van der Waals surface area contributed by atoms with E-state index >= 15 is 0 Å². The molecule has 0 amide bonds. The van der Waals surface area contributed by atoms with E-state index < -0.39 is 12.5 Å². The molecular formula is C27H33F3O3. The van der Waals surface area contributed by atoms with E-state index in [0.717, 1.165) is 56.1 Å². The van der Waals surface area contributed by atoms with Gasteiger partial charge < -0.3 is 14.9 Å². The van der Waals surface area contributed by atoms with Gasteiger partial charge in [0.05, 0.1) is 12.2 Å². The van der Waals surface area contributed by atoms with Crippen molar-refractivity contribution in [1.29, 1.82) is 0 Å². The average molecular weight is 463 g/mol. The first-order valence-corrected chi connectivity index (χ1v) is 12.1. The second-order valence-electron chi connectivity index (χ2n) is 11.1. The van der Waals surface area contributed by atoms with Gasteiger partial charge >= 0.3 is 6.36 Å². The SMILES string of the molecule is C[C@]12CC[C@@H]3[C@H](CC=C4C[C@@H](O)CC[C@@]43C)[C@H]1C/C(=C/c1ccc(OC(F)(F)F)cc1)[C@@H]2O. The van der Waals surface area contributed by atoms with Gasteiger partial charge in [-0.3, -0.25) is 0 Å². The van der Waals surface area contributed by atoms with E-state index in [4.69, 9.17) is 0 Å². The highest BCUT2D eigenvalue weighted by Crippen LogP contribution is 2.65. The molecule has 0 spiro atoms. The summed E-state index contributed by atoms with van der Waals surface area (Å²) in [6.45, 7) is 4.60. The molecule has 5 rings (SSSR count). The summed E-state index contributed by atoms with van der Waals surface area (Å²) >= 11 is 0. The second kappa shape index (κ2) is 7.88. The molecule has 33 heavy (non-hydrogen) atoms. The Kier molecular flexibility index (Phi) is 5.48. The zero-order chi connectivity index (χ0) is 23.6. The van der Waals surface area contributed by atoms with Crippen molar-refractivity contribution in [3.05, 3.63) is 47.1 Å². The van der Waals surface area contributed by atoms with Gasteiger partial charge in [-0.05, 0) is 91.4 Å². The molecule has 3 nitrogen and oxygen atoms in total. The van der Waals surface area contributed by atoms with Crippen LogP contribution in [-0.4, -0.2) is 28.8 Å². The number of hydrogen-bond acceptors (Lipinski definition) is 3. The van der Waals surface area contributed by atoms with Crippen LogP contribution in [0.15, 0.2) is 41.5 Å². The predicted octanol–water partition coefficient (Wildman–Crippen LogP) is 6.26. The molecule has 4 aliphatic rings. The van der Waals surface area contributed by atoms with Crippen molar-refractivity contribution in [3.63, 3.8) is 0 Å². The van der Waals surface area contributed by atoms with Crippen LogP contribution in [0.5, 0.6) is 5.75 Å². The number of rotatable bonds is 2. The zero-order valence-electron chi connectivity index (χ0n) is 19.2. The minimum absolute atomic E-state index is 0.148. The number of fused-ring (bicyclic) bond motifs is 5. The topological polar surface area (TPSA) is 49.7 Å². The predicted molar refractivity (Wildman–Crippen MR) is 120 cm³/mol. The van der Waals surface area contributed by atoms with E-state index in [1.165, 1.54) is 17.7 Å². The van der Waals surface area contributed by atoms with Crippen LogP contribution in [0.25, 0.3) is 6.08 Å². The Labute approximate surface area is 193 Å². The summed E-state index contributed by atoms with van der Waals surface area (Å²) in [7, 11) is 0. The summed E-state index contributed by atoms with van der Waals surface area (Å²) in [5.41, 5.74) is 3.15. The molecule has 0 aliphatic heterocycles. The summed E-state index contributed by atoms with van der Waals surface area (Å²) in [6.07, 6.45) is 5.44. The van der Waals surface area contributed by atoms with Gasteiger partial charge in [0.1, 0.15) is 5.75 Å². The van der Waals surface area contributed by atoms with Crippen molar-refractivity contribution in [3.8, 4) is 5.75 Å². The summed E-state index contributed by atoms with van der Waals surface area (Å²) < 4.78 is 41.3. The lowest BCUT2D eigenvalue weighted by atomic mass is 9.48. The highest BCUT2D eigenvalue weighted by atomic mass is 19.4. The smallest absolute Gasteiger partial charge is 0.406 e. The molecule has 1 aromatic rings. The van der Waals surface area contributed by atoms with Gasteiger partial charge in [0.25, 0.3) is 0 Å². The molecule has 4 aliphatic carbocycles. The molecule has 0 heterocycles. The van der Waals surface area contributed by atoms with Crippen molar-refractivity contribution in [2.75, 3.05) is 0 Å². The minimum Gasteiger partial charge on any atom is -0.406 e. The lowest BCUT2D eigenvalue weighted by Crippen LogP contribution is -2.51. The molecule has 2 N–H and O–H groups in total. The molecule has 7 atom stereocenters. The maximum atomic E-state index is 12.4. The zero-order valence-corrected chi connectivity index (χ0v) is 19.2. The molecule has 3 saturated carbocycles. The molecule has 0 bridgehead atoms. The quantitative estimate of drug-likeness (QED) is 0.510. The summed E-state index contributed by atoms with van der Waals surface area (Å²) in [5.74, 6) is 1.23. The number of halogens is 3. The third-order valence-corrected chi connectivity index (χ3v) is 9.41. The van der Waals surface area contributed by atoms with Gasteiger partial charge in [-0.1, -0.05) is 43.7 Å². The van der Waals surface area contributed by atoms with Crippen molar-refractivity contribution < 1.29 is 28.1 Å². The molecule has 0 unspecified atom stereocenters. The lowest BCUT2D eigenvalue weighted by Gasteiger charge is -2.57. The van der Waals surface area contributed by atoms with E-state index in [1.54, 1.807) is 12.1 Å². The van der Waals surface area contributed by atoms with Crippen molar-refractivity contribution >= 4 is 6.08 Å². The molecule has 6 heteroatoms. The third-order valence-electron chi connectivity index (χ3n) is 9.41. The summed E-state index contributed by atoms with van der Waals surface area (Å²) in [5, 5.41) is 21.5. The average Bonchev–Trinajstić information content (AvgIpc) is 2.99. The highest BCUT2D eigenvalue weighted by Gasteiger charge is 2.59. The van der Waals surface area contributed by atoms with E-state index in [1.807, 2.05) is 6.08 Å². The Morgan fingerprint density at radius 2 is 1.73 bits per heavy atom. The van der Waals surface area contributed by atoms with E-state index in [0.29, 0.717) is 17.8 Å². The standard InChI is InChI=1S/C27H33F3O3/c1-25-11-9-19(31)15-18(25)5-8-21-22(25)10-12-26(2)23(21)14-17(24(26)32)13-16-3-6-20(7-4-16)33-27(28,29)30/h3-7,13,19,21-24,31-32H,8-12,14-15H2,1-2H3/b17-13-/t19-,21-,22+,23+,24-,25-,26-/m0/s1. The normalized spacial score (nSPS) is 41.7. The molecule has 0 aromatic heterocycles. The fraction of sp³-hybridized carbons (Fsp3) is 0.630. The number of ether oxygens (including phenoxy) is 1. The second-order valence-corrected chi connectivity index (χ2v) is 11.1. The van der Waals surface area contributed by atoms with Crippen LogP contribution >= 0.6 is 0 Å². The van der Waals surface area contributed by atoms with Crippen LogP contribution in [0.4, 0.5) is 13.2 Å². The maximum Gasteiger partial charge on any atom is 0.573 e. The van der Waals surface area contributed by atoms with Crippen molar-refractivity contribution in [2.24, 2.45) is 28.6 Å². The van der Waals surface area contributed by atoms with Gasteiger partial charge in [0.2, 0.25) is 0 Å². The lowest BCUT2D eigenvalue weighted by molar-refractivity contribution is -0.274. The minimum atomic E-state index is -4.70. The Bertz CT molecular complexity index is 966. The Hall–Kier alpha value is -1.79. The first kappa shape index (κ1) is 23.0. The van der Waals surface area contributed by atoms with Gasteiger partial charge in [0, 0.05) is 5.41 Å². The number of aliphatic hydroxyl groups excluding tert-OH is 2. The van der Waals surface area contributed by atoms with Crippen LogP contribution < -0.4 is 4.74 Å². The fourth-order valence-electron chi connectivity index (χ4n) is 7.62. The molecule has 0 radical (unpaired) electrons. The van der Waals surface area contributed by atoms with Crippen LogP contribution in [0.1, 0.15) is 64.4 Å². The van der Waals surface area contributed by atoms with Gasteiger partial charge in [-0.25, -0.2) is 0 Å². The fourth-order valence-corrected chi connectivity index (χ4v) is 7.62. The number of hydrogen-bond donors (Lipinski definition) is 2. The third kappa shape index (κ3) is 3.93. The van der Waals surface area contributed by atoms with Crippen LogP contribution in [0.3, 0.4) is 0 Å². The first-order chi connectivity index (χ1) is 15.5. The number of aliphatic hydroxyl groups is 2. The summed E-state index contributed by atoms with van der Waals surface area (Å²) in [6, 6.07) is 5.85. The number of allylic oxidation sites excluding steroid dienone is 1. The molecular weight excluding hydrogens is 429 g/mol. The number of alkyl halides is 3. The van der Waals surface area contributed by atoms with Gasteiger partial charge in [-0.15, -0.1) is 13.2 Å². The molecule has 0 saturated heterocycles. The maximum absolute atomic E-state index is 12.4. The van der Waals surface area contributed by atoms with Crippen LogP contribution in [-0.2, 0) is 0 Å². The van der Waals surface area contributed by atoms with E-state index in [-0.39, 0.29) is 22.7 Å². The summed E-state index contributed by atoms with van der Waals surface area (Å²) in [4.78, 5) is 0.